The molecule has 0 aliphatic carbocycles. The van der Waals surface area contributed by atoms with Crippen molar-refractivity contribution in [1.82, 2.24) is 15.0 Å². The summed E-state index contributed by atoms with van der Waals surface area (Å²) in [7, 11) is 2.93. The maximum Gasteiger partial charge on any atom is 0.229 e. The molecule has 0 saturated heterocycles. The van der Waals surface area contributed by atoms with Crippen LogP contribution in [0.3, 0.4) is 0 Å². The van der Waals surface area contributed by atoms with E-state index in [4.69, 9.17) is 11.6 Å². The zero-order chi connectivity index (χ0) is 15.7. The van der Waals surface area contributed by atoms with Crippen LogP contribution in [-0.2, 0) is 9.68 Å². The second-order valence-corrected chi connectivity index (χ2v) is 4.33. The lowest BCUT2D eigenvalue weighted by atomic mass is 10.4. The Morgan fingerprint density at radius 1 is 0.952 bits per heavy atom. The molecular formula is C11H18ClN7O2. The summed E-state index contributed by atoms with van der Waals surface area (Å²) in [4.78, 5) is 21.4. The van der Waals surface area contributed by atoms with Gasteiger partial charge in [-0.05, 0) is 25.4 Å². The molecule has 0 amide bonds. The van der Waals surface area contributed by atoms with E-state index < -0.39 is 0 Å². The normalized spacial score (nSPS) is 14.1. The van der Waals surface area contributed by atoms with Crippen molar-refractivity contribution in [3.05, 3.63) is 5.28 Å². The Morgan fingerprint density at radius 3 is 1.76 bits per heavy atom. The number of nitrogens with one attached hydrogen (secondary N) is 2. The molecule has 2 unspecified atom stereocenters. The van der Waals surface area contributed by atoms with Crippen LogP contribution < -0.4 is 10.6 Å². The van der Waals surface area contributed by atoms with Crippen LogP contribution in [0.2, 0.25) is 5.28 Å². The minimum atomic E-state index is -0.135. The lowest BCUT2D eigenvalue weighted by molar-refractivity contribution is 0.214. The topological polar surface area (TPSA) is 106 Å². The van der Waals surface area contributed by atoms with Crippen molar-refractivity contribution >= 4 is 35.9 Å². The lowest BCUT2D eigenvalue weighted by Gasteiger charge is -2.12. The molecule has 1 aromatic rings. The summed E-state index contributed by atoms with van der Waals surface area (Å²) in [6.07, 6.45) is 3.14. The highest BCUT2D eigenvalue weighted by molar-refractivity contribution is 6.28. The summed E-state index contributed by atoms with van der Waals surface area (Å²) in [6, 6.07) is -0.271. The average molecular weight is 316 g/mol. The molecule has 0 aliphatic heterocycles. The molecule has 0 aromatic carbocycles. The zero-order valence-electron chi connectivity index (χ0n) is 12.2. The van der Waals surface area contributed by atoms with E-state index in [1.54, 1.807) is 12.4 Å². The molecule has 1 aromatic heterocycles. The smallest absolute Gasteiger partial charge is 0.229 e. The molecule has 116 valence electrons. The largest absolute Gasteiger partial charge is 0.399 e. The highest BCUT2D eigenvalue weighted by atomic mass is 35.5. The Bertz CT molecular complexity index is 457. The van der Waals surface area contributed by atoms with Gasteiger partial charge in [-0.25, -0.2) is 0 Å². The van der Waals surface area contributed by atoms with Gasteiger partial charge in [0.1, 0.15) is 14.2 Å². The fourth-order valence-corrected chi connectivity index (χ4v) is 1.43. The van der Waals surface area contributed by atoms with Gasteiger partial charge in [0.15, 0.2) is 0 Å². The van der Waals surface area contributed by atoms with Gasteiger partial charge in [-0.2, -0.15) is 15.0 Å². The van der Waals surface area contributed by atoms with Gasteiger partial charge in [0.2, 0.25) is 17.2 Å². The molecule has 1 heterocycles. The summed E-state index contributed by atoms with van der Waals surface area (Å²) >= 11 is 5.87. The average Bonchev–Trinajstić information content (AvgIpc) is 2.42. The molecule has 1 rings (SSSR count). The van der Waals surface area contributed by atoms with Crippen molar-refractivity contribution < 1.29 is 9.68 Å². The first-order valence-electron chi connectivity index (χ1n) is 6.13. The van der Waals surface area contributed by atoms with E-state index in [1.165, 1.54) is 14.2 Å². The van der Waals surface area contributed by atoms with Gasteiger partial charge < -0.3 is 20.3 Å². The number of nitrogens with zero attached hydrogens (tertiary/aromatic N) is 5. The van der Waals surface area contributed by atoms with Gasteiger partial charge in [0.05, 0.1) is 24.5 Å². The third-order valence-electron chi connectivity index (χ3n) is 2.10. The minimum Gasteiger partial charge on any atom is -0.399 e. The lowest BCUT2D eigenvalue weighted by Crippen LogP contribution is -2.22. The predicted octanol–water partition coefficient (Wildman–Crippen LogP) is 1.39. The van der Waals surface area contributed by atoms with E-state index >= 15 is 0 Å². The molecule has 0 saturated carbocycles. The van der Waals surface area contributed by atoms with E-state index in [2.05, 4.69) is 45.6 Å². The molecule has 2 atom stereocenters. The second kappa shape index (κ2) is 8.90. The van der Waals surface area contributed by atoms with Crippen LogP contribution in [0.15, 0.2) is 10.3 Å². The number of hydrogen-bond acceptors (Lipinski definition) is 9. The van der Waals surface area contributed by atoms with Crippen molar-refractivity contribution in [3.8, 4) is 0 Å². The van der Waals surface area contributed by atoms with E-state index in [1.807, 2.05) is 13.8 Å². The summed E-state index contributed by atoms with van der Waals surface area (Å²) in [5.74, 6) is 0.645. The molecule has 10 heteroatoms. The van der Waals surface area contributed by atoms with Crippen molar-refractivity contribution in [2.24, 2.45) is 10.3 Å². The number of rotatable bonds is 8. The first-order valence-corrected chi connectivity index (χ1v) is 6.51. The zero-order valence-corrected chi connectivity index (χ0v) is 13.0. The van der Waals surface area contributed by atoms with Crippen molar-refractivity contribution in [2.75, 3.05) is 24.9 Å². The number of aromatic nitrogens is 3. The van der Waals surface area contributed by atoms with Gasteiger partial charge in [-0.3, -0.25) is 0 Å². The Balaban J connectivity index is 2.75. The fraction of sp³-hybridized carbons (Fsp3) is 0.545. The maximum absolute atomic E-state index is 5.87. The third kappa shape index (κ3) is 6.70. The minimum absolute atomic E-state index is 0.0711. The van der Waals surface area contributed by atoms with Gasteiger partial charge >= 0.3 is 0 Å². The van der Waals surface area contributed by atoms with Gasteiger partial charge in [0, 0.05) is 0 Å². The molecule has 0 radical (unpaired) electrons. The predicted molar refractivity (Wildman–Crippen MR) is 82.0 cm³/mol. The van der Waals surface area contributed by atoms with Crippen LogP contribution in [0.5, 0.6) is 0 Å². The molecular weight excluding hydrogens is 298 g/mol. The van der Waals surface area contributed by atoms with Crippen LogP contribution in [0.25, 0.3) is 0 Å². The van der Waals surface area contributed by atoms with Crippen LogP contribution >= 0.6 is 11.6 Å². The van der Waals surface area contributed by atoms with E-state index in [9.17, 15) is 0 Å². The second-order valence-electron chi connectivity index (χ2n) is 3.99. The standard InChI is InChI=1S/C11H18ClN7O2/c1-7(5-13-20-3)15-10-17-9(12)18-11(19-10)16-8(2)6-14-21-4/h5-8H,1-4H3,(H2,15,16,17,18,19). The molecule has 0 aliphatic rings. The Labute approximate surface area is 127 Å². The Morgan fingerprint density at radius 2 is 1.38 bits per heavy atom. The van der Waals surface area contributed by atoms with Crippen molar-refractivity contribution in [3.63, 3.8) is 0 Å². The van der Waals surface area contributed by atoms with Crippen LogP contribution in [-0.4, -0.2) is 53.7 Å². The van der Waals surface area contributed by atoms with Crippen molar-refractivity contribution in [1.29, 1.82) is 0 Å². The third-order valence-corrected chi connectivity index (χ3v) is 2.27. The highest BCUT2D eigenvalue weighted by Crippen LogP contribution is 2.10. The van der Waals surface area contributed by atoms with Crippen molar-refractivity contribution in [2.45, 2.75) is 25.9 Å². The monoisotopic (exact) mass is 315 g/mol. The van der Waals surface area contributed by atoms with E-state index in [0.717, 1.165) is 0 Å². The number of halogens is 1. The van der Waals surface area contributed by atoms with E-state index in [-0.39, 0.29) is 17.4 Å². The summed E-state index contributed by atoms with van der Waals surface area (Å²) in [5, 5.41) is 13.4. The molecule has 2 N–H and O–H groups in total. The molecule has 0 spiro atoms. The molecule has 0 fully saturated rings. The first kappa shape index (κ1) is 16.9. The van der Waals surface area contributed by atoms with Crippen LogP contribution in [0.4, 0.5) is 11.9 Å². The quantitative estimate of drug-likeness (QED) is 0.551. The van der Waals surface area contributed by atoms with Crippen LogP contribution in [0.1, 0.15) is 13.8 Å². The summed E-state index contributed by atoms with van der Waals surface area (Å²) < 4.78 is 0. The number of oxime groups is 2. The maximum atomic E-state index is 5.87. The van der Waals surface area contributed by atoms with Gasteiger partial charge in [-0.15, -0.1) is 0 Å². The SMILES string of the molecule is CON=CC(C)Nc1nc(Cl)nc(NC(C)C=NOC)n1. The molecule has 0 bridgehead atoms. The Hall–Kier alpha value is -2.16. The molecule has 9 nitrogen and oxygen atoms in total. The summed E-state index contributed by atoms with van der Waals surface area (Å²) in [5.41, 5.74) is 0. The fourth-order valence-electron chi connectivity index (χ4n) is 1.27. The Kier molecular flexibility index (Phi) is 7.16. The number of hydrogen-bond donors (Lipinski definition) is 2. The van der Waals surface area contributed by atoms with E-state index in [0.29, 0.717) is 11.9 Å². The van der Waals surface area contributed by atoms with Crippen LogP contribution in [0, 0.1) is 0 Å². The first-order chi connectivity index (χ1) is 10.0. The van der Waals surface area contributed by atoms with Gasteiger partial charge in [0.25, 0.3) is 0 Å². The number of anilines is 2. The summed E-state index contributed by atoms with van der Waals surface area (Å²) in [6.45, 7) is 3.72. The molecule has 21 heavy (non-hydrogen) atoms. The van der Waals surface area contributed by atoms with Gasteiger partial charge in [-0.1, -0.05) is 10.3 Å². The highest BCUT2D eigenvalue weighted by Gasteiger charge is 2.09.